The predicted molar refractivity (Wildman–Crippen MR) is 106 cm³/mol. The number of likely N-dealkylation sites (tertiary alicyclic amines) is 1. The summed E-state index contributed by atoms with van der Waals surface area (Å²) in [5.74, 6) is 1.46. The Morgan fingerprint density at radius 1 is 1.32 bits per heavy atom. The highest BCUT2D eigenvalue weighted by atomic mass is 19.4. The first-order chi connectivity index (χ1) is 13.3. The van der Waals surface area contributed by atoms with E-state index in [1.165, 1.54) is 6.42 Å². The van der Waals surface area contributed by atoms with Gasteiger partial charge in [0.1, 0.15) is 5.75 Å². The Labute approximate surface area is 165 Å². The van der Waals surface area contributed by atoms with Crippen molar-refractivity contribution < 1.29 is 17.9 Å². The molecular weight excluding hydrogens is 369 g/mol. The Morgan fingerprint density at radius 2 is 2.11 bits per heavy atom. The van der Waals surface area contributed by atoms with Gasteiger partial charge in [-0.15, -0.1) is 0 Å². The Balaban J connectivity index is 1.86. The van der Waals surface area contributed by atoms with Crippen LogP contribution in [-0.4, -0.2) is 56.9 Å². The molecule has 1 aromatic rings. The van der Waals surface area contributed by atoms with Gasteiger partial charge in [-0.05, 0) is 50.4 Å². The Morgan fingerprint density at radius 3 is 2.79 bits per heavy atom. The molecule has 0 bridgehead atoms. The maximum atomic E-state index is 12.5. The molecule has 8 heteroatoms. The first-order valence-corrected chi connectivity index (χ1v) is 9.76. The van der Waals surface area contributed by atoms with Crippen molar-refractivity contribution in [3.8, 4) is 5.75 Å². The minimum Gasteiger partial charge on any atom is -0.484 e. The molecule has 0 spiro atoms. The molecule has 5 nitrogen and oxygen atoms in total. The first kappa shape index (κ1) is 22.3. The van der Waals surface area contributed by atoms with Gasteiger partial charge in [-0.25, -0.2) is 0 Å². The number of rotatable bonds is 8. The van der Waals surface area contributed by atoms with Gasteiger partial charge in [0, 0.05) is 32.2 Å². The summed E-state index contributed by atoms with van der Waals surface area (Å²) in [4.78, 5) is 6.68. The summed E-state index contributed by atoms with van der Waals surface area (Å²) in [6.07, 6.45) is -2.03. The molecule has 0 radical (unpaired) electrons. The standard InChI is InChI=1S/C20H31F3N4O/c1-4-8-27-9-7-16(13-27)11-25-19(24-3)26-12-17-6-5-15(2)10-18(17)28-14-20(21,22)23/h5-6,10,16H,4,7-9,11-14H2,1-3H3,(H2,24,25,26). The van der Waals surface area contributed by atoms with Crippen LogP contribution in [0.15, 0.2) is 23.2 Å². The van der Waals surface area contributed by atoms with E-state index in [0.29, 0.717) is 24.0 Å². The number of hydrogen-bond acceptors (Lipinski definition) is 3. The van der Waals surface area contributed by atoms with Crippen LogP contribution in [0.5, 0.6) is 5.75 Å². The number of nitrogens with one attached hydrogen (secondary N) is 2. The minimum atomic E-state index is -4.36. The van der Waals surface area contributed by atoms with Gasteiger partial charge >= 0.3 is 6.18 Å². The average Bonchev–Trinajstić information content (AvgIpc) is 3.08. The molecule has 2 N–H and O–H groups in total. The van der Waals surface area contributed by atoms with Gasteiger partial charge in [0.25, 0.3) is 0 Å². The number of aryl methyl sites for hydroxylation is 1. The molecule has 1 aliphatic rings. The normalized spacial score (nSPS) is 18.4. The highest BCUT2D eigenvalue weighted by molar-refractivity contribution is 5.79. The van der Waals surface area contributed by atoms with Gasteiger partial charge in [-0.1, -0.05) is 19.1 Å². The molecule has 0 aliphatic carbocycles. The molecule has 1 aromatic carbocycles. The summed E-state index contributed by atoms with van der Waals surface area (Å²) in [5, 5.41) is 6.49. The van der Waals surface area contributed by atoms with Crippen LogP contribution >= 0.6 is 0 Å². The Hall–Kier alpha value is -1.96. The largest absolute Gasteiger partial charge is 0.484 e. The maximum absolute atomic E-state index is 12.5. The monoisotopic (exact) mass is 400 g/mol. The predicted octanol–water partition coefficient (Wildman–Crippen LogP) is 3.33. The van der Waals surface area contributed by atoms with E-state index in [0.717, 1.165) is 38.2 Å². The molecule has 1 atom stereocenters. The van der Waals surface area contributed by atoms with E-state index >= 15 is 0 Å². The lowest BCUT2D eigenvalue weighted by atomic mass is 10.1. The first-order valence-electron chi connectivity index (χ1n) is 9.76. The van der Waals surface area contributed by atoms with Crippen LogP contribution in [-0.2, 0) is 6.54 Å². The lowest BCUT2D eigenvalue weighted by molar-refractivity contribution is -0.153. The topological polar surface area (TPSA) is 48.9 Å². The summed E-state index contributed by atoms with van der Waals surface area (Å²) < 4.78 is 42.5. The number of alkyl halides is 3. The zero-order valence-electron chi connectivity index (χ0n) is 16.9. The van der Waals surface area contributed by atoms with Crippen LogP contribution in [0.1, 0.15) is 30.9 Å². The van der Waals surface area contributed by atoms with Gasteiger partial charge in [0.15, 0.2) is 12.6 Å². The zero-order chi connectivity index (χ0) is 20.6. The van der Waals surface area contributed by atoms with Crippen LogP contribution in [0.3, 0.4) is 0 Å². The van der Waals surface area contributed by atoms with Crippen molar-refractivity contribution in [3.63, 3.8) is 0 Å². The second-order valence-corrected chi connectivity index (χ2v) is 7.28. The van der Waals surface area contributed by atoms with Gasteiger partial charge in [-0.3, -0.25) is 4.99 Å². The van der Waals surface area contributed by atoms with E-state index < -0.39 is 12.8 Å². The van der Waals surface area contributed by atoms with Crippen molar-refractivity contribution >= 4 is 5.96 Å². The molecule has 1 saturated heterocycles. The maximum Gasteiger partial charge on any atom is 0.422 e. The second kappa shape index (κ2) is 10.5. The van der Waals surface area contributed by atoms with E-state index in [1.54, 1.807) is 19.2 Å². The molecular formula is C20H31F3N4O. The highest BCUT2D eigenvalue weighted by Gasteiger charge is 2.29. The molecule has 2 rings (SSSR count). The summed E-state index contributed by atoms with van der Waals surface area (Å²) in [6.45, 7) is 7.23. The number of ether oxygens (including phenoxy) is 1. The van der Waals surface area contributed by atoms with E-state index in [1.807, 2.05) is 13.0 Å². The number of hydrogen-bond donors (Lipinski definition) is 2. The highest BCUT2D eigenvalue weighted by Crippen LogP contribution is 2.23. The third-order valence-corrected chi connectivity index (χ3v) is 4.75. The minimum absolute atomic E-state index is 0.242. The number of halogens is 3. The fourth-order valence-corrected chi connectivity index (χ4v) is 3.34. The molecule has 1 unspecified atom stereocenters. The van der Waals surface area contributed by atoms with Crippen molar-refractivity contribution in [3.05, 3.63) is 29.3 Å². The number of aliphatic imine (C=N–C) groups is 1. The van der Waals surface area contributed by atoms with E-state index in [-0.39, 0.29) is 5.75 Å². The molecule has 1 aliphatic heterocycles. The van der Waals surface area contributed by atoms with Crippen molar-refractivity contribution in [1.29, 1.82) is 0 Å². The fourth-order valence-electron chi connectivity index (χ4n) is 3.34. The van der Waals surface area contributed by atoms with Gasteiger partial charge in [0.05, 0.1) is 0 Å². The lowest BCUT2D eigenvalue weighted by Gasteiger charge is -2.18. The molecule has 0 aromatic heterocycles. The zero-order valence-corrected chi connectivity index (χ0v) is 16.9. The van der Waals surface area contributed by atoms with Crippen LogP contribution in [0, 0.1) is 12.8 Å². The average molecular weight is 400 g/mol. The van der Waals surface area contributed by atoms with E-state index in [4.69, 9.17) is 4.74 Å². The lowest BCUT2D eigenvalue weighted by Crippen LogP contribution is -2.40. The smallest absolute Gasteiger partial charge is 0.422 e. The third kappa shape index (κ3) is 7.58. The summed E-state index contributed by atoms with van der Waals surface area (Å²) in [7, 11) is 1.68. The van der Waals surface area contributed by atoms with Crippen LogP contribution in [0.4, 0.5) is 13.2 Å². The third-order valence-electron chi connectivity index (χ3n) is 4.75. The molecule has 0 amide bonds. The van der Waals surface area contributed by atoms with Crippen LogP contribution < -0.4 is 15.4 Å². The Bertz CT molecular complexity index is 649. The van der Waals surface area contributed by atoms with Crippen LogP contribution in [0.2, 0.25) is 0 Å². The number of guanidine groups is 1. The van der Waals surface area contributed by atoms with Crippen molar-refractivity contribution in [2.45, 2.75) is 39.4 Å². The van der Waals surface area contributed by atoms with Crippen molar-refractivity contribution in [2.24, 2.45) is 10.9 Å². The van der Waals surface area contributed by atoms with E-state index in [2.05, 4.69) is 27.4 Å². The Kier molecular flexibility index (Phi) is 8.41. The SMILES string of the molecule is CCCN1CCC(CNC(=NC)NCc2ccc(C)cc2OCC(F)(F)F)C1. The molecule has 28 heavy (non-hydrogen) atoms. The quantitative estimate of drug-likeness (QED) is 0.519. The van der Waals surface area contributed by atoms with Gasteiger partial charge in [0.2, 0.25) is 0 Å². The summed E-state index contributed by atoms with van der Waals surface area (Å²) in [5.41, 5.74) is 1.51. The van der Waals surface area contributed by atoms with Crippen molar-refractivity contribution in [2.75, 3.05) is 39.8 Å². The molecule has 158 valence electrons. The number of nitrogens with zero attached hydrogens (tertiary/aromatic N) is 2. The van der Waals surface area contributed by atoms with Gasteiger partial charge in [-0.2, -0.15) is 13.2 Å². The molecule has 0 saturated carbocycles. The van der Waals surface area contributed by atoms with Gasteiger partial charge < -0.3 is 20.3 Å². The van der Waals surface area contributed by atoms with E-state index in [9.17, 15) is 13.2 Å². The summed E-state index contributed by atoms with van der Waals surface area (Å²) >= 11 is 0. The molecule has 1 fully saturated rings. The number of benzene rings is 1. The van der Waals surface area contributed by atoms with Crippen LogP contribution in [0.25, 0.3) is 0 Å². The molecule has 1 heterocycles. The van der Waals surface area contributed by atoms with Crippen molar-refractivity contribution in [1.82, 2.24) is 15.5 Å². The fraction of sp³-hybridized carbons (Fsp3) is 0.650. The summed E-state index contributed by atoms with van der Waals surface area (Å²) in [6, 6.07) is 5.26. The second-order valence-electron chi connectivity index (χ2n) is 7.28.